The summed E-state index contributed by atoms with van der Waals surface area (Å²) >= 11 is 0. The Bertz CT molecular complexity index is 1440. The molecule has 0 radical (unpaired) electrons. The van der Waals surface area contributed by atoms with Crippen molar-refractivity contribution in [3.8, 4) is 5.75 Å². The normalized spacial score (nSPS) is 13.8. The van der Waals surface area contributed by atoms with Gasteiger partial charge in [0.1, 0.15) is 5.75 Å². The lowest BCUT2D eigenvalue weighted by Gasteiger charge is -2.18. The van der Waals surface area contributed by atoms with Crippen molar-refractivity contribution >= 4 is 34.0 Å². The SMILES string of the molecule is CCCCOc1ccc(C(=O)ON=C2C(=O)N(Cc3cccc4ccccc34)c3ccccc32)cc1. The van der Waals surface area contributed by atoms with Crippen LogP contribution in [0.15, 0.2) is 96.2 Å². The fraction of sp³-hybridized carbons (Fsp3) is 0.167. The lowest BCUT2D eigenvalue weighted by Crippen LogP contribution is -2.30. The van der Waals surface area contributed by atoms with Gasteiger partial charge in [0.15, 0.2) is 5.71 Å². The molecule has 0 saturated carbocycles. The van der Waals surface area contributed by atoms with Crippen LogP contribution in [0.4, 0.5) is 5.69 Å². The largest absolute Gasteiger partial charge is 0.494 e. The van der Waals surface area contributed by atoms with E-state index in [9.17, 15) is 9.59 Å². The average Bonchev–Trinajstić information content (AvgIpc) is 3.18. The van der Waals surface area contributed by atoms with Gasteiger partial charge >= 0.3 is 5.97 Å². The van der Waals surface area contributed by atoms with Gasteiger partial charge in [-0.25, -0.2) is 4.79 Å². The number of anilines is 1. The van der Waals surface area contributed by atoms with E-state index in [1.165, 1.54) is 0 Å². The Morgan fingerprint density at radius 2 is 1.64 bits per heavy atom. The number of amides is 1. The molecule has 0 aromatic heterocycles. The predicted octanol–water partition coefficient (Wildman–Crippen LogP) is 6.13. The number of unbranched alkanes of at least 4 members (excludes halogenated alkanes) is 1. The standard InChI is InChI=1S/C30H26N2O4/c1-2-3-19-35-24-17-15-22(16-18-24)30(34)36-31-28-26-13-6-7-14-27(26)32(29(28)33)20-23-11-8-10-21-9-4-5-12-25(21)23/h4-18H,2-3,19-20H2,1H3. The van der Waals surface area contributed by atoms with Gasteiger partial charge in [-0.05, 0) is 53.1 Å². The zero-order valence-electron chi connectivity index (χ0n) is 20.0. The number of benzene rings is 4. The first-order chi connectivity index (χ1) is 17.7. The maximum Gasteiger partial charge on any atom is 0.365 e. The number of oxime groups is 1. The molecule has 180 valence electrons. The van der Waals surface area contributed by atoms with Crippen LogP contribution in [0.3, 0.4) is 0 Å². The second kappa shape index (κ2) is 10.4. The van der Waals surface area contributed by atoms with Gasteiger partial charge in [0.2, 0.25) is 0 Å². The first kappa shape index (κ1) is 23.3. The van der Waals surface area contributed by atoms with Crippen molar-refractivity contribution < 1.29 is 19.2 Å². The Labute approximate surface area is 209 Å². The summed E-state index contributed by atoms with van der Waals surface area (Å²) in [6.45, 7) is 3.11. The van der Waals surface area contributed by atoms with E-state index in [0.29, 0.717) is 30.0 Å². The minimum absolute atomic E-state index is 0.110. The highest BCUT2D eigenvalue weighted by Crippen LogP contribution is 2.32. The number of fused-ring (bicyclic) bond motifs is 2. The topological polar surface area (TPSA) is 68.2 Å². The number of hydrogen-bond donors (Lipinski definition) is 0. The van der Waals surface area contributed by atoms with E-state index < -0.39 is 5.97 Å². The highest BCUT2D eigenvalue weighted by molar-refractivity contribution is 6.54. The molecule has 1 amide bonds. The summed E-state index contributed by atoms with van der Waals surface area (Å²) < 4.78 is 5.63. The maximum absolute atomic E-state index is 13.4. The molecule has 0 N–H and O–H groups in total. The van der Waals surface area contributed by atoms with Crippen LogP contribution in [0.25, 0.3) is 10.8 Å². The van der Waals surface area contributed by atoms with Crippen LogP contribution in [0.5, 0.6) is 5.75 Å². The molecule has 1 aliphatic heterocycles. The molecule has 0 bridgehead atoms. The number of nitrogens with zero attached hydrogens (tertiary/aromatic N) is 2. The molecule has 4 aromatic carbocycles. The molecule has 0 atom stereocenters. The van der Waals surface area contributed by atoms with E-state index >= 15 is 0 Å². The molecule has 5 rings (SSSR count). The Morgan fingerprint density at radius 1 is 0.889 bits per heavy atom. The summed E-state index contributed by atoms with van der Waals surface area (Å²) in [5, 5.41) is 6.20. The molecule has 6 nitrogen and oxygen atoms in total. The smallest absolute Gasteiger partial charge is 0.365 e. The van der Waals surface area contributed by atoms with Crippen molar-refractivity contribution in [1.82, 2.24) is 0 Å². The summed E-state index contributed by atoms with van der Waals surface area (Å²) in [6, 6.07) is 28.2. The monoisotopic (exact) mass is 478 g/mol. The minimum Gasteiger partial charge on any atom is -0.494 e. The van der Waals surface area contributed by atoms with Crippen LogP contribution in [0.2, 0.25) is 0 Å². The van der Waals surface area contributed by atoms with Crippen molar-refractivity contribution in [2.45, 2.75) is 26.3 Å². The summed E-state index contributed by atoms with van der Waals surface area (Å²) in [7, 11) is 0. The molecular weight excluding hydrogens is 452 g/mol. The highest BCUT2D eigenvalue weighted by atomic mass is 16.7. The van der Waals surface area contributed by atoms with Gasteiger partial charge in [0.25, 0.3) is 5.91 Å². The van der Waals surface area contributed by atoms with E-state index in [-0.39, 0.29) is 11.6 Å². The Morgan fingerprint density at radius 3 is 2.47 bits per heavy atom. The lowest BCUT2D eigenvalue weighted by atomic mass is 10.0. The first-order valence-corrected chi connectivity index (χ1v) is 12.1. The number of para-hydroxylation sites is 1. The van der Waals surface area contributed by atoms with E-state index in [4.69, 9.17) is 9.57 Å². The zero-order valence-corrected chi connectivity index (χ0v) is 20.0. The van der Waals surface area contributed by atoms with E-state index in [2.05, 4.69) is 24.2 Å². The van der Waals surface area contributed by atoms with Gasteiger partial charge in [0.05, 0.1) is 24.4 Å². The average molecular weight is 479 g/mol. The second-order valence-electron chi connectivity index (χ2n) is 8.59. The third kappa shape index (κ3) is 4.70. The van der Waals surface area contributed by atoms with Crippen LogP contribution < -0.4 is 9.64 Å². The van der Waals surface area contributed by atoms with Crippen LogP contribution in [-0.4, -0.2) is 24.2 Å². The number of ether oxygens (including phenoxy) is 1. The van der Waals surface area contributed by atoms with Gasteiger partial charge in [-0.3, -0.25) is 4.79 Å². The maximum atomic E-state index is 13.4. The van der Waals surface area contributed by atoms with Crippen LogP contribution in [0, 0.1) is 0 Å². The highest BCUT2D eigenvalue weighted by Gasteiger charge is 2.35. The Hall–Kier alpha value is -4.45. The summed E-state index contributed by atoms with van der Waals surface area (Å²) in [4.78, 5) is 32.9. The lowest BCUT2D eigenvalue weighted by molar-refractivity contribution is -0.112. The molecule has 6 heteroatoms. The number of carbonyl (C=O) groups excluding carboxylic acids is 2. The number of hydrogen-bond acceptors (Lipinski definition) is 5. The molecule has 36 heavy (non-hydrogen) atoms. The van der Waals surface area contributed by atoms with Crippen molar-refractivity contribution in [3.05, 3.63) is 108 Å². The second-order valence-corrected chi connectivity index (χ2v) is 8.59. The van der Waals surface area contributed by atoms with Crippen molar-refractivity contribution in [1.29, 1.82) is 0 Å². The summed E-state index contributed by atoms with van der Waals surface area (Å²) in [6.07, 6.45) is 2.01. The third-order valence-corrected chi connectivity index (χ3v) is 6.18. The van der Waals surface area contributed by atoms with Crippen molar-refractivity contribution in [3.63, 3.8) is 0 Å². The fourth-order valence-electron chi connectivity index (χ4n) is 4.27. The Balaban J connectivity index is 1.35. The molecule has 0 unspecified atom stereocenters. The molecule has 1 heterocycles. The quantitative estimate of drug-likeness (QED) is 0.174. The van der Waals surface area contributed by atoms with Gasteiger partial charge in [-0.15, -0.1) is 0 Å². The van der Waals surface area contributed by atoms with Gasteiger partial charge < -0.3 is 14.5 Å². The van der Waals surface area contributed by atoms with E-state index in [1.807, 2.05) is 54.6 Å². The molecule has 1 aliphatic rings. The molecule has 0 aliphatic carbocycles. The third-order valence-electron chi connectivity index (χ3n) is 6.18. The predicted molar refractivity (Wildman–Crippen MR) is 140 cm³/mol. The van der Waals surface area contributed by atoms with Crippen molar-refractivity contribution in [2.75, 3.05) is 11.5 Å². The molecule has 0 saturated heterocycles. The van der Waals surface area contributed by atoms with Gasteiger partial charge in [0, 0.05) is 5.56 Å². The number of rotatable bonds is 8. The molecule has 0 fully saturated rings. The van der Waals surface area contributed by atoms with Crippen molar-refractivity contribution in [2.24, 2.45) is 5.16 Å². The number of carbonyl (C=O) groups is 2. The zero-order chi connectivity index (χ0) is 24.9. The van der Waals surface area contributed by atoms with Gasteiger partial charge in [-0.1, -0.05) is 79.2 Å². The summed E-state index contributed by atoms with van der Waals surface area (Å²) in [5.74, 6) is -0.257. The van der Waals surface area contributed by atoms with E-state index in [0.717, 1.165) is 34.9 Å². The van der Waals surface area contributed by atoms with E-state index in [1.54, 1.807) is 29.2 Å². The van der Waals surface area contributed by atoms with Crippen LogP contribution >= 0.6 is 0 Å². The van der Waals surface area contributed by atoms with Gasteiger partial charge in [-0.2, -0.15) is 0 Å². The molecule has 4 aromatic rings. The Kier molecular flexibility index (Phi) is 6.76. The fourth-order valence-corrected chi connectivity index (χ4v) is 4.27. The first-order valence-electron chi connectivity index (χ1n) is 12.1. The molecule has 0 spiro atoms. The van der Waals surface area contributed by atoms with Crippen LogP contribution in [-0.2, 0) is 16.2 Å². The minimum atomic E-state index is -0.639. The molecular formula is C30H26N2O4. The van der Waals surface area contributed by atoms with Crippen LogP contribution in [0.1, 0.15) is 41.3 Å². The summed E-state index contributed by atoms with van der Waals surface area (Å²) in [5.41, 5.74) is 2.83.